The zero-order valence-corrected chi connectivity index (χ0v) is 20.9. The molecule has 0 heterocycles. The Hall–Kier alpha value is -2.00. The van der Waals surface area contributed by atoms with Crippen molar-refractivity contribution in [2.45, 2.75) is 103 Å². The predicted octanol–water partition coefficient (Wildman–Crippen LogP) is 8.18. The average molecular weight is 500 g/mol. The molecule has 1 aromatic rings. The topological polar surface area (TPSA) is 37.4 Å². The van der Waals surface area contributed by atoms with Crippen molar-refractivity contribution in [3.63, 3.8) is 0 Å². The molecule has 0 unspecified atom stereocenters. The van der Waals surface area contributed by atoms with Crippen molar-refractivity contribution in [3.8, 4) is 11.8 Å². The predicted molar refractivity (Wildman–Crippen MR) is 133 cm³/mol. The van der Waals surface area contributed by atoms with Crippen molar-refractivity contribution in [1.82, 2.24) is 0 Å². The summed E-state index contributed by atoms with van der Waals surface area (Å²) in [5.74, 6) is 2.79. The number of alkyl halides is 3. The second-order valence-electron chi connectivity index (χ2n) is 8.62. The molecule has 0 aliphatic rings. The van der Waals surface area contributed by atoms with E-state index in [4.69, 9.17) is 11.6 Å². The SMILES string of the molecule is CCCCCCCCCCCCCCCCN(C(=O)C(F)(F)F)c1ccc(C#CC(=O)Cl)cc1. The van der Waals surface area contributed by atoms with Crippen LogP contribution in [-0.4, -0.2) is 23.9 Å². The van der Waals surface area contributed by atoms with Gasteiger partial charge >= 0.3 is 12.1 Å². The lowest BCUT2D eigenvalue weighted by Gasteiger charge is -2.24. The van der Waals surface area contributed by atoms with E-state index in [1.807, 2.05) is 0 Å². The molecular weight excluding hydrogens is 463 g/mol. The number of carbonyl (C=O) groups is 2. The number of hydrogen-bond acceptors (Lipinski definition) is 2. The minimum absolute atomic E-state index is 0.00155. The number of halogens is 4. The van der Waals surface area contributed by atoms with E-state index in [0.717, 1.165) is 30.6 Å². The molecule has 0 aliphatic carbocycles. The highest BCUT2D eigenvalue weighted by atomic mass is 35.5. The Kier molecular flexibility index (Phi) is 15.4. The number of amides is 1. The molecule has 0 spiro atoms. The first-order chi connectivity index (χ1) is 16.3. The van der Waals surface area contributed by atoms with Crippen molar-refractivity contribution in [2.75, 3.05) is 11.4 Å². The van der Waals surface area contributed by atoms with Gasteiger partial charge in [0.05, 0.1) is 0 Å². The summed E-state index contributed by atoms with van der Waals surface area (Å²) in [5.41, 5.74) is 0.577. The Morgan fingerprint density at radius 2 is 1.24 bits per heavy atom. The van der Waals surface area contributed by atoms with Crippen LogP contribution >= 0.6 is 11.6 Å². The van der Waals surface area contributed by atoms with Gasteiger partial charge in [-0.05, 0) is 48.2 Å². The molecule has 3 nitrogen and oxygen atoms in total. The van der Waals surface area contributed by atoms with Gasteiger partial charge in [0.1, 0.15) is 0 Å². The second kappa shape index (κ2) is 17.4. The van der Waals surface area contributed by atoms with Crippen LogP contribution in [0.1, 0.15) is 102 Å². The first-order valence-electron chi connectivity index (χ1n) is 12.5. The van der Waals surface area contributed by atoms with Gasteiger partial charge in [0.25, 0.3) is 5.24 Å². The van der Waals surface area contributed by atoms with Crippen LogP contribution in [0, 0.1) is 11.8 Å². The van der Waals surface area contributed by atoms with Crippen LogP contribution in [-0.2, 0) is 9.59 Å². The Labute approximate surface area is 207 Å². The monoisotopic (exact) mass is 499 g/mol. The van der Waals surface area contributed by atoms with Crippen LogP contribution in [0.3, 0.4) is 0 Å². The maximum absolute atomic E-state index is 13.1. The quantitative estimate of drug-likeness (QED) is 0.131. The molecule has 1 amide bonds. The molecule has 0 aromatic heterocycles. The summed E-state index contributed by atoms with van der Waals surface area (Å²) >= 11 is 5.16. The van der Waals surface area contributed by atoms with Crippen molar-refractivity contribution < 1.29 is 22.8 Å². The molecule has 0 atom stereocenters. The number of benzene rings is 1. The number of carbonyl (C=O) groups excluding carboxylic acids is 2. The normalized spacial score (nSPS) is 11.1. The number of rotatable bonds is 16. The average Bonchev–Trinajstić information content (AvgIpc) is 2.80. The van der Waals surface area contributed by atoms with Gasteiger partial charge in [-0.1, -0.05) is 96.3 Å². The van der Waals surface area contributed by atoms with Gasteiger partial charge in [-0.15, -0.1) is 0 Å². The van der Waals surface area contributed by atoms with E-state index >= 15 is 0 Å². The molecule has 1 rings (SSSR count). The molecule has 0 radical (unpaired) electrons. The maximum atomic E-state index is 13.1. The Morgan fingerprint density at radius 1 is 0.794 bits per heavy atom. The fraction of sp³-hybridized carbons (Fsp3) is 0.630. The third-order valence-electron chi connectivity index (χ3n) is 5.71. The van der Waals surface area contributed by atoms with Crippen molar-refractivity contribution >= 4 is 28.4 Å². The first kappa shape index (κ1) is 30.0. The van der Waals surface area contributed by atoms with Gasteiger partial charge in [-0.2, -0.15) is 13.2 Å². The molecule has 0 N–H and O–H groups in total. The minimum Gasteiger partial charge on any atom is -0.305 e. The van der Waals surface area contributed by atoms with Crippen LogP contribution in [0.4, 0.5) is 18.9 Å². The summed E-state index contributed by atoms with van der Waals surface area (Å²) in [4.78, 5) is 23.4. The van der Waals surface area contributed by atoms with Gasteiger partial charge in [-0.25, -0.2) is 0 Å². The molecule has 0 saturated heterocycles. The fourth-order valence-corrected chi connectivity index (χ4v) is 3.86. The standard InChI is InChI=1S/C27H37ClF3NO2/c1-2-3-4-5-6-7-8-9-10-11-12-13-14-15-22-32(26(34)27(29,30)31)24-19-16-23(17-20-24)18-21-25(28)33/h16-17,19-20H,2-15,22H2,1H3. The molecule has 0 aliphatic heterocycles. The molecule has 0 fully saturated rings. The van der Waals surface area contributed by atoms with Gasteiger partial charge < -0.3 is 4.90 Å². The van der Waals surface area contributed by atoms with Crippen LogP contribution in [0.15, 0.2) is 24.3 Å². The zero-order chi connectivity index (χ0) is 25.2. The van der Waals surface area contributed by atoms with Crippen molar-refractivity contribution in [2.24, 2.45) is 0 Å². The summed E-state index contributed by atoms with van der Waals surface area (Å²) in [6.07, 6.45) is 11.2. The van der Waals surface area contributed by atoms with Crippen LogP contribution in [0.25, 0.3) is 0 Å². The van der Waals surface area contributed by atoms with E-state index < -0.39 is 17.3 Å². The van der Waals surface area contributed by atoms with E-state index in [2.05, 4.69) is 18.8 Å². The summed E-state index contributed by atoms with van der Waals surface area (Å²) < 4.78 is 39.3. The molecule has 190 valence electrons. The third-order valence-corrected chi connectivity index (χ3v) is 5.80. The summed E-state index contributed by atoms with van der Waals surface area (Å²) in [7, 11) is 0. The molecule has 0 saturated carbocycles. The van der Waals surface area contributed by atoms with Gasteiger partial charge in [0, 0.05) is 17.8 Å². The second-order valence-corrected chi connectivity index (χ2v) is 8.96. The summed E-state index contributed by atoms with van der Waals surface area (Å²) in [5, 5.41) is -0.823. The highest BCUT2D eigenvalue weighted by molar-refractivity contribution is 6.68. The number of anilines is 1. The van der Waals surface area contributed by atoms with E-state index in [1.54, 1.807) is 0 Å². The first-order valence-corrected chi connectivity index (χ1v) is 12.8. The lowest BCUT2D eigenvalue weighted by Crippen LogP contribution is -2.41. The Balaban J connectivity index is 2.35. The van der Waals surface area contributed by atoms with Crippen molar-refractivity contribution in [1.29, 1.82) is 0 Å². The number of nitrogens with zero attached hydrogens (tertiary/aromatic N) is 1. The van der Waals surface area contributed by atoms with E-state index in [0.29, 0.717) is 12.0 Å². The van der Waals surface area contributed by atoms with Crippen LogP contribution in [0.5, 0.6) is 0 Å². The molecular formula is C27H37ClF3NO2. The van der Waals surface area contributed by atoms with Crippen LogP contribution in [0.2, 0.25) is 0 Å². The van der Waals surface area contributed by atoms with E-state index in [1.165, 1.54) is 82.1 Å². The minimum atomic E-state index is -4.94. The van der Waals surface area contributed by atoms with Crippen LogP contribution < -0.4 is 4.90 Å². The largest absolute Gasteiger partial charge is 0.471 e. The highest BCUT2D eigenvalue weighted by Crippen LogP contribution is 2.25. The Bertz CT molecular complexity index is 782. The summed E-state index contributed by atoms with van der Waals surface area (Å²) in [6.45, 7) is 2.23. The lowest BCUT2D eigenvalue weighted by molar-refractivity contribution is -0.170. The van der Waals surface area contributed by atoms with Gasteiger partial charge in [0.15, 0.2) is 0 Å². The molecule has 34 heavy (non-hydrogen) atoms. The molecule has 7 heteroatoms. The summed E-state index contributed by atoms with van der Waals surface area (Å²) in [6, 6.07) is 5.72. The van der Waals surface area contributed by atoms with Crippen molar-refractivity contribution in [3.05, 3.63) is 29.8 Å². The van der Waals surface area contributed by atoms with E-state index in [9.17, 15) is 22.8 Å². The Morgan fingerprint density at radius 3 is 1.65 bits per heavy atom. The number of unbranched alkanes of at least 4 members (excludes halogenated alkanes) is 13. The zero-order valence-electron chi connectivity index (χ0n) is 20.2. The van der Waals surface area contributed by atoms with E-state index in [-0.39, 0.29) is 12.2 Å². The number of hydrogen-bond donors (Lipinski definition) is 0. The lowest BCUT2D eigenvalue weighted by atomic mass is 10.0. The van der Waals surface area contributed by atoms with Gasteiger partial charge in [0.2, 0.25) is 0 Å². The smallest absolute Gasteiger partial charge is 0.305 e. The maximum Gasteiger partial charge on any atom is 0.471 e. The third kappa shape index (κ3) is 13.6. The molecule has 0 bridgehead atoms. The van der Waals surface area contributed by atoms with Gasteiger partial charge in [-0.3, -0.25) is 9.59 Å². The molecule has 1 aromatic carbocycles. The fourth-order valence-electron chi connectivity index (χ4n) is 3.81. The highest BCUT2D eigenvalue weighted by Gasteiger charge is 2.42.